The first-order valence-corrected chi connectivity index (χ1v) is 8.22. The van der Waals surface area contributed by atoms with Crippen molar-refractivity contribution < 1.29 is 4.74 Å². The molecule has 1 heterocycles. The van der Waals surface area contributed by atoms with Gasteiger partial charge in [-0.3, -0.25) is 4.98 Å². The minimum absolute atomic E-state index is 0.741. The average molecular weight is 288 g/mol. The summed E-state index contributed by atoms with van der Waals surface area (Å²) in [5, 5.41) is 0. The number of hydrogen-bond donors (Lipinski definition) is 1. The highest BCUT2D eigenvalue weighted by atomic mass is 31.1. The molecule has 20 heavy (non-hydrogen) atoms. The van der Waals surface area contributed by atoms with Crippen LogP contribution >= 0.6 is 8.58 Å². The van der Waals surface area contributed by atoms with Crippen LogP contribution in [0.3, 0.4) is 0 Å². The molecule has 106 valence electrons. The van der Waals surface area contributed by atoms with Crippen molar-refractivity contribution in [2.24, 2.45) is 0 Å². The first-order chi connectivity index (χ1) is 9.78. The number of pyridine rings is 1. The van der Waals surface area contributed by atoms with Crippen molar-refractivity contribution in [2.75, 3.05) is 11.9 Å². The molecule has 0 bridgehead atoms. The van der Waals surface area contributed by atoms with E-state index in [9.17, 15) is 0 Å². The molecule has 0 aliphatic rings. The fourth-order valence-electron chi connectivity index (χ4n) is 1.83. The molecule has 1 aromatic heterocycles. The van der Waals surface area contributed by atoms with Gasteiger partial charge in [-0.25, -0.2) is 0 Å². The number of anilines is 1. The molecule has 2 N–H and O–H groups in total. The van der Waals surface area contributed by atoms with Gasteiger partial charge in [0.1, 0.15) is 11.5 Å². The van der Waals surface area contributed by atoms with Crippen molar-refractivity contribution in [2.45, 2.75) is 26.2 Å². The van der Waals surface area contributed by atoms with Crippen molar-refractivity contribution in [3.8, 4) is 11.5 Å². The molecule has 0 amide bonds. The van der Waals surface area contributed by atoms with Gasteiger partial charge in [0.25, 0.3) is 0 Å². The van der Waals surface area contributed by atoms with Crippen molar-refractivity contribution in [1.82, 2.24) is 4.98 Å². The molecule has 1 atom stereocenters. The Kier molecular flexibility index (Phi) is 5.82. The van der Waals surface area contributed by atoms with Gasteiger partial charge in [-0.05, 0) is 42.9 Å². The SMILES string of the molecule is CCCCCPc1cc(Oc2ccc(N)cc2)ccn1. The van der Waals surface area contributed by atoms with Gasteiger partial charge in [-0.2, -0.15) is 0 Å². The number of unbranched alkanes of at least 4 members (excludes halogenated alkanes) is 2. The van der Waals surface area contributed by atoms with Crippen LogP contribution in [0.2, 0.25) is 0 Å². The predicted molar refractivity (Wildman–Crippen MR) is 87.5 cm³/mol. The van der Waals surface area contributed by atoms with Crippen molar-refractivity contribution in [3.05, 3.63) is 42.6 Å². The summed E-state index contributed by atoms with van der Waals surface area (Å²) in [6, 6.07) is 11.3. The zero-order chi connectivity index (χ0) is 14.2. The van der Waals surface area contributed by atoms with E-state index < -0.39 is 0 Å². The van der Waals surface area contributed by atoms with E-state index in [0.29, 0.717) is 0 Å². The molecule has 2 aromatic rings. The maximum atomic E-state index is 5.81. The highest BCUT2D eigenvalue weighted by Crippen LogP contribution is 2.22. The maximum Gasteiger partial charge on any atom is 0.131 e. The highest BCUT2D eigenvalue weighted by Gasteiger charge is 2.00. The smallest absolute Gasteiger partial charge is 0.131 e. The molecule has 0 radical (unpaired) electrons. The standard InChI is InChI=1S/C16H21N2OP/c1-2-3-4-11-20-16-12-15(9-10-18-16)19-14-7-5-13(17)6-8-14/h5-10,12,20H,2-4,11,17H2,1H3. The largest absolute Gasteiger partial charge is 0.457 e. The lowest BCUT2D eigenvalue weighted by Gasteiger charge is -2.07. The molecule has 0 aliphatic carbocycles. The van der Waals surface area contributed by atoms with E-state index in [-0.39, 0.29) is 0 Å². The van der Waals surface area contributed by atoms with Gasteiger partial charge in [0.15, 0.2) is 0 Å². The zero-order valence-corrected chi connectivity index (χ0v) is 12.8. The van der Waals surface area contributed by atoms with Crippen molar-refractivity contribution >= 4 is 19.7 Å². The number of nitrogen functional groups attached to an aromatic ring is 1. The summed E-state index contributed by atoms with van der Waals surface area (Å²) in [4.78, 5) is 4.41. The average Bonchev–Trinajstić information content (AvgIpc) is 2.47. The van der Waals surface area contributed by atoms with E-state index in [1.807, 2.05) is 42.6 Å². The number of hydrogen-bond acceptors (Lipinski definition) is 3. The van der Waals surface area contributed by atoms with Crippen LogP contribution < -0.4 is 15.9 Å². The first kappa shape index (κ1) is 14.8. The van der Waals surface area contributed by atoms with E-state index in [1.165, 1.54) is 25.4 Å². The van der Waals surface area contributed by atoms with Crippen LogP contribution in [0, 0.1) is 0 Å². The van der Waals surface area contributed by atoms with Gasteiger partial charge in [-0.1, -0.05) is 28.3 Å². The lowest BCUT2D eigenvalue weighted by Crippen LogP contribution is -2.01. The van der Waals surface area contributed by atoms with E-state index in [4.69, 9.17) is 10.5 Å². The second-order valence-electron chi connectivity index (χ2n) is 4.68. The minimum atomic E-state index is 0.741. The minimum Gasteiger partial charge on any atom is -0.457 e. The Morgan fingerprint density at radius 3 is 2.65 bits per heavy atom. The number of rotatable bonds is 7. The van der Waals surface area contributed by atoms with E-state index in [2.05, 4.69) is 11.9 Å². The molecule has 0 aliphatic heterocycles. The van der Waals surface area contributed by atoms with E-state index >= 15 is 0 Å². The Balaban J connectivity index is 1.93. The van der Waals surface area contributed by atoms with Gasteiger partial charge in [-0.15, -0.1) is 0 Å². The number of nitrogens with two attached hydrogens (primary N) is 1. The van der Waals surface area contributed by atoms with Crippen molar-refractivity contribution in [3.63, 3.8) is 0 Å². The quantitative estimate of drug-likeness (QED) is 0.477. The summed E-state index contributed by atoms with van der Waals surface area (Å²) in [6.07, 6.45) is 6.87. The second kappa shape index (κ2) is 7.86. The molecule has 0 saturated carbocycles. The molecular weight excluding hydrogens is 267 g/mol. The zero-order valence-electron chi connectivity index (χ0n) is 11.8. The van der Waals surface area contributed by atoms with Crippen LogP contribution in [-0.4, -0.2) is 11.1 Å². The monoisotopic (exact) mass is 288 g/mol. The molecule has 1 unspecified atom stereocenters. The fourth-order valence-corrected chi connectivity index (χ4v) is 2.93. The predicted octanol–water partition coefficient (Wildman–Crippen LogP) is 3.95. The Morgan fingerprint density at radius 1 is 1.10 bits per heavy atom. The van der Waals surface area contributed by atoms with Crippen molar-refractivity contribution in [1.29, 1.82) is 0 Å². The summed E-state index contributed by atoms with van der Waals surface area (Å²) in [6.45, 7) is 2.22. The van der Waals surface area contributed by atoms with Gasteiger partial charge in [0.2, 0.25) is 0 Å². The molecule has 0 saturated heterocycles. The molecule has 1 aromatic carbocycles. The van der Waals surface area contributed by atoms with Crippen LogP contribution in [-0.2, 0) is 0 Å². The third kappa shape index (κ3) is 4.82. The molecule has 3 nitrogen and oxygen atoms in total. The summed E-state index contributed by atoms with van der Waals surface area (Å²) in [5.74, 6) is 1.63. The second-order valence-corrected chi connectivity index (χ2v) is 6.05. The normalized spacial score (nSPS) is 11.1. The number of aromatic nitrogens is 1. The van der Waals surface area contributed by atoms with Crippen LogP contribution in [0.25, 0.3) is 0 Å². The summed E-state index contributed by atoms with van der Waals surface area (Å²) < 4.78 is 5.81. The Labute approximate surface area is 122 Å². The Bertz CT molecular complexity index is 528. The highest BCUT2D eigenvalue weighted by molar-refractivity contribution is 7.46. The van der Waals surface area contributed by atoms with Gasteiger partial charge in [0.05, 0.1) is 5.44 Å². The third-order valence-corrected chi connectivity index (χ3v) is 4.17. The van der Waals surface area contributed by atoms with Crippen LogP contribution in [0.4, 0.5) is 5.69 Å². The van der Waals surface area contributed by atoms with Crippen LogP contribution in [0.5, 0.6) is 11.5 Å². The Hall–Kier alpha value is -1.60. The number of benzene rings is 1. The number of nitrogens with zero attached hydrogens (tertiary/aromatic N) is 1. The van der Waals surface area contributed by atoms with Gasteiger partial charge in [0, 0.05) is 18.0 Å². The lowest BCUT2D eigenvalue weighted by atomic mass is 10.3. The Morgan fingerprint density at radius 2 is 1.90 bits per heavy atom. The van der Waals surface area contributed by atoms with E-state index in [1.54, 1.807) is 0 Å². The third-order valence-electron chi connectivity index (χ3n) is 2.93. The molecule has 0 fully saturated rings. The van der Waals surface area contributed by atoms with Gasteiger partial charge < -0.3 is 10.5 Å². The molecule has 4 heteroatoms. The summed E-state index contributed by atoms with van der Waals surface area (Å²) in [7, 11) is 0.758. The van der Waals surface area contributed by atoms with Gasteiger partial charge >= 0.3 is 0 Å². The topological polar surface area (TPSA) is 48.1 Å². The molecular formula is C16H21N2OP. The van der Waals surface area contributed by atoms with Crippen LogP contribution in [0.1, 0.15) is 26.2 Å². The molecule has 2 rings (SSSR count). The maximum absolute atomic E-state index is 5.81. The van der Waals surface area contributed by atoms with E-state index in [0.717, 1.165) is 31.2 Å². The lowest BCUT2D eigenvalue weighted by molar-refractivity contribution is 0.482. The number of ether oxygens (including phenoxy) is 1. The molecule has 0 spiro atoms. The summed E-state index contributed by atoms with van der Waals surface area (Å²) >= 11 is 0. The van der Waals surface area contributed by atoms with Crippen LogP contribution in [0.15, 0.2) is 42.6 Å². The summed E-state index contributed by atoms with van der Waals surface area (Å²) in [5.41, 5.74) is 7.52. The fraction of sp³-hybridized carbons (Fsp3) is 0.312. The first-order valence-electron chi connectivity index (χ1n) is 7.01.